The van der Waals surface area contributed by atoms with E-state index in [4.69, 9.17) is 9.47 Å². The van der Waals surface area contributed by atoms with Gasteiger partial charge in [-0.05, 0) is 42.5 Å². The summed E-state index contributed by atoms with van der Waals surface area (Å²) in [4.78, 5) is 44.7. The molecule has 0 saturated carbocycles. The first-order chi connectivity index (χ1) is 19.8. The first-order valence-corrected chi connectivity index (χ1v) is 14.0. The van der Waals surface area contributed by atoms with Crippen LogP contribution < -0.4 is 15.6 Å². The number of rotatable bonds is 8. The SMILES string of the molecule is CCC(OC(=O)c1c(-c2ccc(C)cc2)c2ccccc2c(=O)n1C)C(=O)Nc1nc(-c2ccccc2OC)cs1. The Labute approximate surface area is 241 Å². The molecule has 0 aliphatic rings. The molecule has 2 heterocycles. The lowest BCUT2D eigenvalue weighted by Crippen LogP contribution is -2.34. The predicted octanol–water partition coefficient (Wildman–Crippen LogP) is 6.22. The molecule has 41 heavy (non-hydrogen) atoms. The largest absolute Gasteiger partial charge is 0.496 e. The molecule has 5 aromatic rings. The molecule has 1 unspecified atom stereocenters. The number of carbonyl (C=O) groups excluding carboxylic acids is 2. The Bertz CT molecular complexity index is 1810. The zero-order chi connectivity index (χ0) is 29.1. The van der Waals surface area contributed by atoms with E-state index in [0.29, 0.717) is 32.9 Å². The van der Waals surface area contributed by atoms with Gasteiger partial charge in [0.1, 0.15) is 11.4 Å². The maximum absolute atomic E-state index is 13.7. The van der Waals surface area contributed by atoms with Crippen molar-refractivity contribution in [3.63, 3.8) is 0 Å². The highest BCUT2D eigenvalue weighted by Crippen LogP contribution is 2.33. The van der Waals surface area contributed by atoms with Crippen molar-refractivity contribution in [2.24, 2.45) is 7.05 Å². The molecule has 0 radical (unpaired) electrons. The van der Waals surface area contributed by atoms with E-state index in [-0.39, 0.29) is 17.7 Å². The maximum atomic E-state index is 13.7. The number of anilines is 1. The van der Waals surface area contributed by atoms with Crippen molar-refractivity contribution in [3.8, 4) is 28.1 Å². The van der Waals surface area contributed by atoms with Gasteiger partial charge in [0.2, 0.25) is 0 Å². The molecule has 9 heteroatoms. The van der Waals surface area contributed by atoms with Crippen LogP contribution >= 0.6 is 11.3 Å². The van der Waals surface area contributed by atoms with Gasteiger partial charge in [-0.3, -0.25) is 14.9 Å². The van der Waals surface area contributed by atoms with Crippen LogP contribution in [-0.4, -0.2) is 34.6 Å². The standard InChI is InChI=1S/C32H29N3O5S/c1-5-25(29(36)34-32-33-24(18-41-32)23-12-8-9-13-26(23)39-4)40-31(38)28-27(20-16-14-19(2)15-17-20)21-10-6-7-11-22(21)30(37)35(28)3/h6-18,25H,5H2,1-4H3,(H,33,34,36). The number of pyridine rings is 1. The van der Waals surface area contributed by atoms with E-state index in [2.05, 4.69) is 10.3 Å². The first-order valence-electron chi connectivity index (χ1n) is 13.1. The Hall–Kier alpha value is -4.76. The van der Waals surface area contributed by atoms with Crippen LogP contribution in [0.2, 0.25) is 0 Å². The van der Waals surface area contributed by atoms with Gasteiger partial charge >= 0.3 is 5.97 Å². The third-order valence-corrected chi connectivity index (χ3v) is 7.62. The minimum absolute atomic E-state index is 0.0801. The second-order valence-corrected chi connectivity index (χ2v) is 10.4. The molecule has 0 spiro atoms. The second-order valence-electron chi connectivity index (χ2n) is 9.53. The van der Waals surface area contributed by atoms with Crippen LogP contribution in [0, 0.1) is 6.92 Å². The number of fused-ring (bicyclic) bond motifs is 1. The van der Waals surface area contributed by atoms with E-state index < -0.39 is 18.0 Å². The van der Waals surface area contributed by atoms with Gasteiger partial charge in [-0.1, -0.05) is 67.1 Å². The topological polar surface area (TPSA) is 99.5 Å². The highest BCUT2D eigenvalue weighted by Gasteiger charge is 2.28. The van der Waals surface area contributed by atoms with Crippen molar-refractivity contribution in [1.82, 2.24) is 9.55 Å². The third-order valence-electron chi connectivity index (χ3n) is 6.87. The van der Waals surface area contributed by atoms with E-state index >= 15 is 0 Å². The number of aromatic nitrogens is 2. The molecule has 0 saturated heterocycles. The quantitative estimate of drug-likeness (QED) is 0.224. The Morgan fingerprint density at radius 1 is 1.00 bits per heavy atom. The molecule has 0 bridgehead atoms. The number of nitrogens with one attached hydrogen (secondary N) is 1. The number of amides is 1. The minimum atomic E-state index is -1.10. The summed E-state index contributed by atoms with van der Waals surface area (Å²) in [7, 11) is 3.13. The van der Waals surface area contributed by atoms with Crippen molar-refractivity contribution in [1.29, 1.82) is 0 Å². The Morgan fingerprint density at radius 3 is 2.39 bits per heavy atom. The average Bonchev–Trinajstić information content (AvgIpc) is 3.46. The lowest BCUT2D eigenvalue weighted by molar-refractivity contribution is -0.124. The average molecular weight is 568 g/mol. The van der Waals surface area contributed by atoms with Gasteiger partial charge in [-0.2, -0.15) is 0 Å². The summed E-state index contributed by atoms with van der Waals surface area (Å²) in [6.45, 7) is 3.73. The highest BCUT2D eigenvalue weighted by molar-refractivity contribution is 7.14. The van der Waals surface area contributed by atoms with Crippen LogP contribution in [0.4, 0.5) is 5.13 Å². The van der Waals surface area contributed by atoms with Gasteiger partial charge < -0.3 is 14.0 Å². The zero-order valence-corrected chi connectivity index (χ0v) is 24.0. The van der Waals surface area contributed by atoms with Gasteiger partial charge in [-0.25, -0.2) is 9.78 Å². The van der Waals surface area contributed by atoms with Gasteiger partial charge in [0.05, 0.1) is 12.8 Å². The van der Waals surface area contributed by atoms with E-state index in [1.54, 1.807) is 33.2 Å². The smallest absolute Gasteiger partial charge is 0.356 e. The molecule has 208 valence electrons. The molecule has 1 amide bonds. The molecule has 1 atom stereocenters. The highest BCUT2D eigenvalue weighted by atomic mass is 32.1. The number of methoxy groups -OCH3 is 1. The first kappa shape index (κ1) is 27.8. The summed E-state index contributed by atoms with van der Waals surface area (Å²) in [5.74, 6) is -0.604. The zero-order valence-electron chi connectivity index (χ0n) is 23.1. The normalized spacial score (nSPS) is 11.7. The van der Waals surface area contributed by atoms with E-state index in [1.165, 1.54) is 15.9 Å². The fraction of sp³-hybridized carbons (Fsp3) is 0.188. The van der Waals surface area contributed by atoms with Crippen LogP contribution in [0.15, 0.2) is 83.0 Å². The molecule has 2 aromatic heterocycles. The van der Waals surface area contributed by atoms with Crippen molar-refractivity contribution < 1.29 is 19.1 Å². The summed E-state index contributed by atoms with van der Waals surface area (Å²) < 4.78 is 12.5. The minimum Gasteiger partial charge on any atom is -0.496 e. The van der Waals surface area contributed by atoms with E-state index in [0.717, 1.165) is 16.7 Å². The second kappa shape index (κ2) is 11.8. The van der Waals surface area contributed by atoms with Crippen LogP contribution in [0.1, 0.15) is 29.4 Å². The molecule has 3 aromatic carbocycles. The number of aryl methyl sites for hydroxylation is 1. The lowest BCUT2D eigenvalue weighted by atomic mass is 9.96. The van der Waals surface area contributed by atoms with Gasteiger partial charge in [0.25, 0.3) is 11.5 Å². The van der Waals surface area contributed by atoms with Crippen molar-refractivity contribution in [2.45, 2.75) is 26.4 Å². The maximum Gasteiger partial charge on any atom is 0.356 e. The number of esters is 1. The fourth-order valence-corrected chi connectivity index (χ4v) is 5.43. The van der Waals surface area contributed by atoms with Crippen LogP contribution in [0.3, 0.4) is 0 Å². The molecule has 5 rings (SSSR count). The van der Waals surface area contributed by atoms with Crippen molar-refractivity contribution in [2.75, 3.05) is 12.4 Å². The number of nitrogens with zero attached hydrogens (tertiary/aromatic N) is 2. The van der Waals surface area contributed by atoms with E-state index in [9.17, 15) is 14.4 Å². The van der Waals surface area contributed by atoms with Crippen molar-refractivity contribution in [3.05, 3.63) is 99.8 Å². The monoisotopic (exact) mass is 567 g/mol. The fourth-order valence-electron chi connectivity index (χ4n) is 4.72. The Morgan fingerprint density at radius 2 is 1.68 bits per heavy atom. The lowest BCUT2D eigenvalue weighted by Gasteiger charge is -2.20. The number of hydrogen-bond acceptors (Lipinski definition) is 7. The summed E-state index contributed by atoms with van der Waals surface area (Å²) >= 11 is 1.26. The van der Waals surface area contributed by atoms with Gasteiger partial charge in [0, 0.05) is 28.9 Å². The van der Waals surface area contributed by atoms with E-state index in [1.807, 2.05) is 73.0 Å². The summed E-state index contributed by atoms with van der Waals surface area (Å²) in [6.07, 6.45) is -0.877. The number of carbonyl (C=O) groups is 2. The molecule has 8 nitrogen and oxygen atoms in total. The van der Waals surface area contributed by atoms with Crippen LogP contribution in [0.5, 0.6) is 5.75 Å². The summed E-state index contributed by atoms with van der Waals surface area (Å²) in [5.41, 5.74) is 3.60. The van der Waals surface area contributed by atoms with Crippen molar-refractivity contribution >= 4 is 39.1 Å². The van der Waals surface area contributed by atoms with Crippen LogP contribution in [-0.2, 0) is 16.6 Å². The number of ether oxygens (including phenoxy) is 2. The summed E-state index contributed by atoms with van der Waals surface area (Å²) in [6, 6.07) is 22.3. The Balaban J connectivity index is 1.45. The molecular formula is C32H29N3O5S. The third kappa shape index (κ3) is 5.49. The number of para-hydroxylation sites is 1. The van der Waals surface area contributed by atoms with Gasteiger partial charge in [-0.15, -0.1) is 11.3 Å². The Kier molecular flexibility index (Phi) is 7.98. The van der Waals surface area contributed by atoms with Crippen LogP contribution in [0.25, 0.3) is 33.2 Å². The molecule has 0 aliphatic carbocycles. The number of thiazole rings is 1. The molecule has 0 aliphatic heterocycles. The predicted molar refractivity (Wildman–Crippen MR) is 162 cm³/mol. The number of benzene rings is 3. The molecule has 1 N–H and O–H groups in total. The molecule has 0 fully saturated rings. The molecular weight excluding hydrogens is 538 g/mol. The van der Waals surface area contributed by atoms with Gasteiger partial charge in [0.15, 0.2) is 11.2 Å². The number of hydrogen-bond donors (Lipinski definition) is 1. The summed E-state index contributed by atoms with van der Waals surface area (Å²) in [5, 5.41) is 6.07.